The van der Waals surface area contributed by atoms with Crippen LogP contribution < -0.4 is 0 Å². The fourth-order valence-corrected chi connectivity index (χ4v) is 3.32. The number of nitrogens with one attached hydrogen (secondary N) is 1. The molecule has 20 heavy (non-hydrogen) atoms. The Hall–Kier alpha value is -0.880. The SMILES string of the molecule is Fc1cc(Cl)c(-n2c(=S)[nH]c3ccc(Br)cc32)c(Cl)c1. The molecule has 102 valence electrons. The first-order chi connectivity index (χ1) is 9.47. The number of rotatable bonds is 1. The number of halogens is 4. The minimum atomic E-state index is -0.490. The van der Waals surface area contributed by atoms with E-state index >= 15 is 0 Å². The van der Waals surface area contributed by atoms with Gasteiger partial charge in [-0.05, 0) is 42.5 Å². The number of nitrogens with zero attached hydrogens (tertiary/aromatic N) is 1. The molecule has 0 aliphatic rings. The Kier molecular flexibility index (Phi) is 3.62. The Balaban J connectivity index is 2.44. The molecular formula is C13H6BrCl2FN2S. The van der Waals surface area contributed by atoms with Crippen molar-refractivity contribution in [3.05, 3.63) is 55.4 Å². The largest absolute Gasteiger partial charge is 0.330 e. The summed E-state index contributed by atoms with van der Waals surface area (Å²) in [6.07, 6.45) is 0. The molecule has 0 spiro atoms. The summed E-state index contributed by atoms with van der Waals surface area (Å²) in [6.45, 7) is 0. The van der Waals surface area contributed by atoms with Gasteiger partial charge in [-0.2, -0.15) is 0 Å². The van der Waals surface area contributed by atoms with Crippen LogP contribution in [-0.4, -0.2) is 9.55 Å². The van der Waals surface area contributed by atoms with Gasteiger partial charge in [0.2, 0.25) is 0 Å². The van der Waals surface area contributed by atoms with Crippen molar-refractivity contribution in [1.82, 2.24) is 9.55 Å². The van der Waals surface area contributed by atoms with E-state index in [1.54, 1.807) is 4.57 Å². The lowest BCUT2D eigenvalue weighted by molar-refractivity contribution is 0.627. The smallest absolute Gasteiger partial charge is 0.182 e. The highest BCUT2D eigenvalue weighted by molar-refractivity contribution is 9.10. The lowest BCUT2D eigenvalue weighted by Gasteiger charge is -2.10. The van der Waals surface area contributed by atoms with E-state index in [-0.39, 0.29) is 10.0 Å². The molecule has 0 amide bonds. The summed E-state index contributed by atoms with van der Waals surface area (Å²) in [7, 11) is 0. The number of hydrogen-bond acceptors (Lipinski definition) is 1. The van der Waals surface area contributed by atoms with E-state index in [0.29, 0.717) is 10.5 Å². The van der Waals surface area contributed by atoms with Crippen LogP contribution in [0.15, 0.2) is 34.8 Å². The number of H-pyrrole nitrogens is 1. The second-order valence-electron chi connectivity index (χ2n) is 4.15. The number of benzene rings is 2. The Labute approximate surface area is 137 Å². The van der Waals surface area contributed by atoms with Gasteiger partial charge >= 0.3 is 0 Å². The minimum Gasteiger partial charge on any atom is -0.330 e. The predicted molar refractivity (Wildman–Crippen MR) is 86.1 cm³/mol. The van der Waals surface area contributed by atoms with Crippen LogP contribution in [0.4, 0.5) is 4.39 Å². The van der Waals surface area contributed by atoms with Crippen LogP contribution in [0.3, 0.4) is 0 Å². The van der Waals surface area contributed by atoms with Gasteiger partial charge in [0.25, 0.3) is 0 Å². The van der Waals surface area contributed by atoms with Gasteiger partial charge in [-0.15, -0.1) is 0 Å². The zero-order valence-corrected chi connectivity index (χ0v) is 13.7. The van der Waals surface area contributed by atoms with Gasteiger partial charge in [-0.1, -0.05) is 39.1 Å². The van der Waals surface area contributed by atoms with E-state index < -0.39 is 5.82 Å². The van der Waals surface area contributed by atoms with Crippen molar-refractivity contribution in [2.45, 2.75) is 0 Å². The van der Waals surface area contributed by atoms with Gasteiger partial charge < -0.3 is 4.98 Å². The Morgan fingerprint density at radius 3 is 2.45 bits per heavy atom. The van der Waals surface area contributed by atoms with Gasteiger partial charge in [0.1, 0.15) is 5.82 Å². The molecule has 0 bridgehead atoms. The highest BCUT2D eigenvalue weighted by Gasteiger charge is 2.15. The standard InChI is InChI=1S/C13H6BrCl2FN2S/c14-6-1-2-10-11(3-6)19(13(20)18-10)12-8(15)4-7(17)5-9(12)16/h1-5H,(H,18,20). The molecule has 0 fully saturated rings. The molecule has 0 saturated heterocycles. The Bertz CT molecular complexity index is 865. The third-order valence-corrected chi connectivity index (χ3v) is 4.20. The average molecular weight is 392 g/mol. The summed E-state index contributed by atoms with van der Waals surface area (Å²) in [4.78, 5) is 3.07. The van der Waals surface area contributed by atoms with Crippen LogP contribution in [0, 0.1) is 10.6 Å². The molecule has 0 radical (unpaired) electrons. The van der Waals surface area contributed by atoms with Crippen LogP contribution in [0.2, 0.25) is 10.0 Å². The van der Waals surface area contributed by atoms with Crippen LogP contribution in [0.25, 0.3) is 16.7 Å². The second-order valence-corrected chi connectivity index (χ2v) is 6.26. The summed E-state index contributed by atoms with van der Waals surface area (Å²) >= 11 is 21.0. The van der Waals surface area contributed by atoms with E-state index in [1.807, 2.05) is 18.2 Å². The monoisotopic (exact) mass is 390 g/mol. The van der Waals surface area contributed by atoms with E-state index in [0.717, 1.165) is 15.5 Å². The van der Waals surface area contributed by atoms with Crippen LogP contribution in [0.1, 0.15) is 0 Å². The molecular weight excluding hydrogens is 386 g/mol. The van der Waals surface area contributed by atoms with E-state index in [2.05, 4.69) is 20.9 Å². The highest BCUT2D eigenvalue weighted by Crippen LogP contribution is 2.33. The first-order valence-electron chi connectivity index (χ1n) is 5.52. The molecule has 0 atom stereocenters. The summed E-state index contributed by atoms with van der Waals surface area (Å²) in [5.74, 6) is -0.490. The van der Waals surface area contributed by atoms with Crippen molar-refractivity contribution < 1.29 is 4.39 Å². The van der Waals surface area contributed by atoms with Gasteiger partial charge in [-0.25, -0.2) is 4.39 Å². The van der Waals surface area contributed by atoms with Gasteiger partial charge in [0, 0.05) is 4.47 Å². The summed E-state index contributed by atoms with van der Waals surface area (Å²) < 4.78 is 16.3. The molecule has 0 unspecified atom stereocenters. The maximum atomic E-state index is 13.3. The van der Waals surface area contributed by atoms with E-state index in [4.69, 9.17) is 35.4 Å². The predicted octanol–water partition coefficient (Wildman–Crippen LogP) is 5.90. The maximum absolute atomic E-state index is 13.3. The molecule has 0 saturated carbocycles. The first-order valence-corrected chi connectivity index (χ1v) is 7.48. The van der Waals surface area contributed by atoms with Gasteiger partial charge in [0.05, 0.1) is 26.8 Å². The third-order valence-electron chi connectivity index (χ3n) is 2.85. The number of hydrogen-bond donors (Lipinski definition) is 1. The molecule has 3 aromatic rings. The fraction of sp³-hybridized carbons (Fsp3) is 0. The van der Waals surface area contributed by atoms with Crippen molar-refractivity contribution in [1.29, 1.82) is 0 Å². The zero-order valence-electron chi connectivity index (χ0n) is 9.75. The quantitative estimate of drug-likeness (QED) is 0.512. The molecule has 1 N–H and O–H groups in total. The summed E-state index contributed by atoms with van der Waals surface area (Å²) in [5, 5.41) is 0.402. The number of aromatic nitrogens is 2. The Morgan fingerprint density at radius 2 is 1.80 bits per heavy atom. The van der Waals surface area contributed by atoms with E-state index in [1.165, 1.54) is 12.1 Å². The topological polar surface area (TPSA) is 20.7 Å². The number of aromatic amines is 1. The number of fused-ring (bicyclic) bond motifs is 1. The molecule has 1 heterocycles. The summed E-state index contributed by atoms with van der Waals surface area (Å²) in [6, 6.07) is 8.09. The van der Waals surface area contributed by atoms with Crippen molar-refractivity contribution in [2.24, 2.45) is 0 Å². The molecule has 0 aliphatic heterocycles. The maximum Gasteiger partial charge on any atom is 0.182 e. The molecule has 2 nitrogen and oxygen atoms in total. The Morgan fingerprint density at radius 1 is 1.15 bits per heavy atom. The lowest BCUT2D eigenvalue weighted by atomic mass is 10.2. The van der Waals surface area contributed by atoms with Crippen LogP contribution in [-0.2, 0) is 0 Å². The van der Waals surface area contributed by atoms with Gasteiger partial charge in [0.15, 0.2) is 4.77 Å². The first kappa shape index (κ1) is 14.1. The molecule has 3 rings (SSSR count). The summed E-state index contributed by atoms with van der Waals surface area (Å²) in [5.41, 5.74) is 2.11. The van der Waals surface area contributed by atoms with Crippen molar-refractivity contribution >= 4 is 62.4 Å². The van der Waals surface area contributed by atoms with E-state index in [9.17, 15) is 4.39 Å². The third kappa shape index (κ3) is 2.29. The minimum absolute atomic E-state index is 0.201. The molecule has 1 aromatic heterocycles. The zero-order chi connectivity index (χ0) is 14.4. The fourth-order valence-electron chi connectivity index (χ4n) is 2.05. The van der Waals surface area contributed by atoms with Crippen LogP contribution >= 0.6 is 51.3 Å². The highest BCUT2D eigenvalue weighted by atomic mass is 79.9. The number of imidazole rings is 1. The molecule has 7 heteroatoms. The van der Waals surface area contributed by atoms with Crippen molar-refractivity contribution in [3.8, 4) is 5.69 Å². The van der Waals surface area contributed by atoms with Crippen molar-refractivity contribution in [2.75, 3.05) is 0 Å². The van der Waals surface area contributed by atoms with Gasteiger partial charge in [-0.3, -0.25) is 4.57 Å². The van der Waals surface area contributed by atoms with Crippen molar-refractivity contribution in [3.63, 3.8) is 0 Å². The molecule has 0 aliphatic carbocycles. The normalized spacial score (nSPS) is 11.2. The average Bonchev–Trinajstić information content (AvgIpc) is 2.65. The molecule has 2 aromatic carbocycles. The van der Waals surface area contributed by atoms with Crippen LogP contribution in [0.5, 0.6) is 0 Å². The lowest BCUT2D eigenvalue weighted by Crippen LogP contribution is -1.97. The second kappa shape index (κ2) is 5.15.